The average molecular weight is 275 g/mol. The van der Waals surface area contributed by atoms with Crippen LogP contribution in [-0.2, 0) is 6.54 Å². The number of halogens is 1. The predicted octanol–water partition coefficient (Wildman–Crippen LogP) is 2.60. The smallest absolute Gasteiger partial charge is 0.0205 e. The Morgan fingerprint density at radius 1 is 1.17 bits per heavy atom. The second kappa shape index (κ2) is 6.43. The number of nitrogens with one attached hydrogen (secondary N) is 1. The van der Waals surface area contributed by atoms with Crippen LogP contribution in [0.25, 0.3) is 0 Å². The maximum absolute atomic E-state index is 3.40. The van der Waals surface area contributed by atoms with Gasteiger partial charge in [-0.05, 0) is 18.5 Å². The fourth-order valence-electron chi connectivity index (χ4n) is 1.02. The molecule has 0 unspecified atom stereocenters. The maximum Gasteiger partial charge on any atom is 0.0205 e. The van der Waals surface area contributed by atoms with Crippen molar-refractivity contribution in [3.05, 3.63) is 35.9 Å². The first-order chi connectivity index (χ1) is 5.93. The lowest BCUT2D eigenvalue weighted by atomic mass is 10.2. The Labute approximate surface area is 87.7 Å². The highest BCUT2D eigenvalue weighted by Crippen LogP contribution is 1.97. The van der Waals surface area contributed by atoms with Crippen LogP contribution in [0.15, 0.2) is 30.3 Å². The Morgan fingerprint density at radius 3 is 2.58 bits per heavy atom. The number of alkyl halides is 1. The molecule has 0 aromatic heterocycles. The van der Waals surface area contributed by atoms with Crippen molar-refractivity contribution in [1.29, 1.82) is 0 Å². The molecule has 0 bridgehead atoms. The molecule has 1 nitrogen and oxygen atoms in total. The SMILES string of the molecule is ICCCNCc1ccccc1. The van der Waals surface area contributed by atoms with Crippen molar-refractivity contribution in [3.63, 3.8) is 0 Å². The van der Waals surface area contributed by atoms with Gasteiger partial charge in [-0.2, -0.15) is 0 Å². The molecule has 0 saturated heterocycles. The molecule has 0 radical (unpaired) electrons. The Bertz CT molecular complexity index is 198. The number of rotatable bonds is 5. The van der Waals surface area contributed by atoms with E-state index in [0.29, 0.717) is 0 Å². The summed E-state index contributed by atoms with van der Waals surface area (Å²) in [7, 11) is 0. The average Bonchev–Trinajstić information content (AvgIpc) is 2.14. The van der Waals surface area contributed by atoms with Gasteiger partial charge in [0.1, 0.15) is 0 Å². The van der Waals surface area contributed by atoms with Crippen LogP contribution in [0, 0.1) is 0 Å². The van der Waals surface area contributed by atoms with Crippen LogP contribution in [0.3, 0.4) is 0 Å². The molecule has 0 fully saturated rings. The fourth-order valence-corrected chi connectivity index (χ4v) is 1.40. The van der Waals surface area contributed by atoms with E-state index in [4.69, 9.17) is 0 Å². The maximum atomic E-state index is 3.40. The highest BCUT2D eigenvalue weighted by Gasteiger charge is 1.89. The van der Waals surface area contributed by atoms with Gasteiger partial charge >= 0.3 is 0 Å². The molecule has 0 aliphatic rings. The summed E-state index contributed by atoms with van der Waals surface area (Å²) in [5, 5.41) is 3.40. The first-order valence-electron chi connectivity index (χ1n) is 4.24. The van der Waals surface area contributed by atoms with Gasteiger partial charge in [-0.15, -0.1) is 0 Å². The number of benzene rings is 1. The Morgan fingerprint density at radius 2 is 1.92 bits per heavy atom. The van der Waals surface area contributed by atoms with Crippen molar-refractivity contribution in [2.24, 2.45) is 0 Å². The van der Waals surface area contributed by atoms with Crippen LogP contribution < -0.4 is 5.32 Å². The van der Waals surface area contributed by atoms with E-state index in [9.17, 15) is 0 Å². The summed E-state index contributed by atoms with van der Waals surface area (Å²) in [6, 6.07) is 10.5. The van der Waals surface area contributed by atoms with Crippen LogP contribution in [0.5, 0.6) is 0 Å². The number of hydrogen-bond donors (Lipinski definition) is 1. The van der Waals surface area contributed by atoms with E-state index in [-0.39, 0.29) is 0 Å². The minimum absolute atomic E-state index is 0.997. The van der Waals surface area contributed by atoms with Crippen LogP contribution in [0.2, 0.25) is 0 Å². The van der Waals surface area contributed by atoms with E-state index in [2.05, 4.69) is 52.2 Å². The molecule has 2 heteroatoms. The summed E-state index contributed by atoms with van der Waals surface area (Å²) >= 11 is 2.40. The van der Waals surface area contributed by atoms with Crippen LogP contribution in [0.4, 0.5) is 0 Å². The fraction of sp³-hybridized carbons (Fsp3) is 0.400. The quantitative estimate of drug-likeness (QED) is 0.495. The molecule has 0 spiro atoms. The van der Waals surface area contributed by atoms with Crippen molar-refractivity contribution >= 4 is 22.6 Å². The third-order valence-corrected chi connectivity index (χ3v) is 2.42. The first-order valence-corrected chi connectivity index (χ1v) is 5.76. The van der Waals surface area contributed by atoms with Crippen molar-refractivity contribution in [3.8, 4) is 0 Å². The van der Waals surface area contributed by atoms with Gasteiger partial charge in [0.2, 0.25) is 0 Å². The zero-order chi connectivity index (χ0) is 8.65. The molecule has 1 aromatic carbocycles. The van der Waals surface area contributed by atoms with E-state index in [1.807, 2.05) is 6.07 Å². The van der Waals surface area contributed by atoms with Gasteiger partial charge in [-0.25, -0.2) is 0 Å². The summed E-state index contributed by atoms with van der Waals surface area (Å²) in [6.07, 6.45) is 1.26. The minimum atomic E-state index is 0.997. The highest BCUT2D eigenvalue weighted by molar-refractivity contribution is 14.1. The van der Waals surface area contributed by atoms with Gasteiger partial charge in [0.15, 0.2) is 0 Å². The predicted molar refractivity (Wildman–Crippen MR) is 61.7 cm³/mol. The molecule has 0 aliphatic heterocycles. The summed E-state index contributed by atoms with van der Waals surface area (Å²) < 4.78 is 1.24. The largest absolute Gasteiger partial charge is 0.313 e. The molecule has 0 atom stereocenters. The Balaban J connectivity index is 2.16. The molecule has 0 heterocycles. The minimum Gasteiger partial charge on any atom is -0.313 e. The summed E-state index contributed by atoms with van der Waals surface area (Å²) in [5.41, 5.74) is 1.37. The van der Waals surface area contributed by atoms with E-state index in [1.165, 1.54) is 16.4 Å². The van der Waals surface area contributed by atoms with Crippen LogP contribution in [0.1, 0.15) is 12.0 Å². The molecule has 0 amide bonds. The molecule has 12 heavy (non-hydrogen) atoms. The lowest BCUT2D eigenvalue weighted by molar-refractivity contribution is 0.681. The standard InChI is InChI=1S/C10H14IN/c11-7-4-8-12-9-10-5-2-1-3-6-10/h1-3,5-6,12H,4,7-9H2. The second-order valence-electron chi connectivity index (χ2n) is 2.70. The van der Waals surface area contributed by atoms with Crippen molar-refractivity contribution in [2.45, 2.75) is 13.0 Å². The zero-order valence-corrected chi connectivity index (χ0v) is 9.25. The molecule has 0 aliphatic carbocycles. The molecule has 0 saturated carbocycles. The van der Waals surface area contributed by atoms with E-state index in [0.717, 1.165) is 13.1 Å². The Hall–Kier alpha value is -0.0900. The third-order valence-electron chi connectivity index (χ3n) is 1.66. The summed E-state index contributed by atoms with van der Waals surface area (Å²) in [6.45, 7) is 2.12. The lowest BCUT2D eigenvalue weighted by Gasteiger charge is -2.02. The topological polar surface area (TPSA) is 12.0 Å². The number of hydrogen-bond acceptors (Lipinski definition) is 1. The van der Waals surface area contributed by atoms with Gasteiger partial charge in [-0.1, -0.05) is 52.9 Å². The van der Waals surface area contributed by atoms with E-state index >= 15 is 0 Å². The second-order valence-corrected chi connectivity index (χ2v) is 3.78. The Kier molecular flexibility index (Phi) is 5.35. The molecule has 1 rings (SSSR count). The summed E-state index contributed by atoms with van der Waals surface area (Å²) in [4.78, 5) is 0. The molecular weight excluding hydrogens is 261 g/mol. The van der Waals surface area contributed by atoms with Crippen molar-refractivity contribution < 1.29 is 0 Å². The normalized spacial score (nSPS) is 10.1. The zero-order valence-electron chi connectivity index (χ0n) is 7.09. The van der Waals surface area contributed by atoms with Crippen LogP contribution in [-0.4, -0.2) is 11.0 Å². The highest BCUT2D eigenvalue weighted by atomic mass is 127. The van der Waals surface area contributed by atoms with Gasteiger partial charge in [-0.3, -0.25) is 0 Å². The molecule has 66 valence electrons. The first kappa shape index (κ1) is 9.99. The monoisotopic (exact) mass is 275 g/mol. The molecular formula is C10H14IN. The molecule has 1 N–H and O–H groups in total. The van der Waals surface area contributed by atoms with Crippen LogP contribution >= 0.6 is 22.6 Å². The van der Waals surface area contributed by atoms with E-state index in [1.54, 1.807) is 0 Å². The molecule has 1 aromatic rings. The van der Waals surface area contributed by atoms with Gasteiger partial charge in [0.25, 0.3) is 0 Å². The van der Waals surface area contributed by atoms with Gasteiger partial charge in [0, 0.05) is 11.0 Å². The van der Waals surface area contributed by atoms with E-state index < -0.39 is 0 Å². The van der Waals surface area contributed by atoms with Crippen molar-refractivity contribution in [1.82, 2.24) is 5.32 Å². The van der Waals surface area contributed by atoms with Gasteiger partial charge in [0.05, 0.1) is 0 Å². The summed E-state index contributed by atoms with van der Waals surface area (Å²) in [5.74, 6) is 0. The van der Waals surface area contributed by atoms with Gasteiger partial charge < -0.3 is 5.32 Å². The lowest BCUT2D eigenvalue weighted by Crippen LogP contribution is -2.14. The van der Waals surface area contributed by atoms with Crippen molar-refractivity contribution in [2.75, 3.05) is 11.0 Å². The third kappa shape index (κ3) is 4.07.